The van der Waals surface area contributed by atoms with Crippen molar-refractivity contribution in [3.63, 3.8) is 0 Å². The van der Waals surface area contributed by atoms with Crippen LogP contribution in [-0.2, 0) is 4.79 Å². The molecular formula is C21H24N4OS. The first kappa shape index (κ1) is 18.9. The van der Waals surface area contributed by atoms with Crippen LogP contribution in [0.25, 0.3) is 11.3 Å². The number of nitrogens with one attached hydrogen (secondary N) is 2. The van der Waals surface area contributed by atoms with E-state index in [1.54, 1.807) is 11.3 Å². The Kier molecular flexibility index (Phi) is 5.76. The third kappa shape index (κ3) is 4.86. The third-order valence-electron chi connectivity index (χ3n) is 4.23. The van der Waals surface area contributed by atoms with E-state index in [1.807, 2.05) is 81.4 Å². The number of hydrogen-bond donors (Lipinski definition) is 2. The number of amides is 1. The van der Waals surface area contributed by atoms with E-state index < -0.39 is 0 Å². The summed E-state index contributed by atoms with van der Waals surface area (Å²) in [4.78, 5) is 18.9. The van der Waals surface area contributed by atoms with Gasteiger partial charge in [-0.2, -0.15) is 0 Å². The molecule has 0 fully saturated rings. The summed E-state index contributed by atoms with van der Waals surface area (Å²) in [5.74, 6) is -0.0770. The molecule has 3 aromatic rings. The van der Waals surface area contributed by atoms with E-state index in [1.165, 1.54) is 0 Å². The maximum absolute atomic E-state index is 12.4. The lowest BCUT2D eigenvalue weighted by Gasteiger charge is -2.16. The molecule has 0 aliphatic heterocycles. The zero-order valence-electron chi connectivity index (χ0n) is 16.0. The van der Waals surface area contributed by atoms with Crippen LogP contribution in [0.15, 0.2) is 53.9 Å². The standard InChI is InChI=1S/C21H24N4OS/c1-14(21(26)24-18-9-11-19(12-10-18)25(3)4)22-17-7-5-16(6-8-17)20-13-27-15(2)23-20/h5-14,22H,1-4H3,(H,24,26)/t14-/m1/s1. The SMILES string of the molecule is Cc1nc(-c2ccc(N[C@H](C)C(=O)Nc3ccc(N(C)C)cc3)cc2)cs1. The van der Waals surface area contributed by atoms with Crippen LogP contribution in [0.3, 0.4) is 0 Å². The molecule has 5 nitrogen and oxygen atoms in total. The van der Waals surface area contributed by atoms with Crippen molar-refractivity contribution in [3.8, 4) is 11.3 Å². The van der Waals surface area contributed by atoms with Crippen molar-refractivity contribution in [1.82, 2.24) is 4.98 Å². The summed E-state index contributed by atoms with van der Waals surface area (Å²) in [7, 11) is 3.97. The van der Waals surface area contributed by atoms with Gasteiger partial charge in [-0.25, -0.2) is 4.98 Å². The maximum Gasteiger partial charge on any atom is 0.246 e. The quantitative estimate of drug-likeness (QED) is 0.655. The number of hydrogen-bond acceptors (Lipinski definition) is 5. The monoisotopic (exact) mass is 380 g/mol. The highest BCUT2D eigenvalue weighted by molar-refractivity contribution is 7.09. The van der Waals surface area contributed by atoms with Gasteiger partial charge >= 0.3 is 0 Å². The van der Waals surface area contributed by atoms with Gasteiger partial charge in [0.1, 0.15) is 6.04 Å². The van der Waals surface area contributed by atoms with Crippen LogP contribution in [0, 0.1) is 6.92 Å². The fourth-order valence-corrected chi connectivity index (χ4v) is 3.26. The Morgan fingerprint density at radius 2 is 1.67 bits per heavy atom. The Balaban J connectivity index is 1.59. The molecule has 0 aliphatic rings. The average Bonchev–Trinajstić information content (AvgIpc) is 3.09. The highest BCUT2D eigenvalue weighted by atomic mass is 32.1. The molecule has 0 saturated carbocycles. The fraction of sp³-hybridized carbons (Fsp3) is 0.238. The summed E-state index contributed by atoms with van der Waals surface area (Å²) in [6.45, 7) is 3.85. The van der Waals surface area contributed by atoms with E-state index in [-0.39, 0.29) is 11.9 Å². The number of rotatable bonds is 6. The summed E-state index contributed by atoms with van der Waals surface area (Å²) < 4.78 is 0. The van der Waals surface area contributed by atoms with Gasteiger partial charge < -0.3 is 15.5 Å². The van der Waals surface area contributed by atoms with Crippen LogP contribution in [-0.4, -0.2) is 31.0 Å². The van der Waals surface area contributed by atoms with Crippen molar-refractivity contribution >= 4 is 34.3 Å². The molecule has 0 spiro atoms. The molecule has 3 rings (SSSR count). The van der Waals surface area contributed by atoms with Gasteiger partial charge in [0.2, 0.25) is 5.91 Å². The first-order valence-corrected chi connectivity index (χ1v) is 9.67. The lowest BCUT2D eigenvalue weighted by atomic mass is 10.1. The summed E-state index contributed by atoms with van der Waals surface area (Å²) >= 11 is 1.64. The van der Waals surface area contributed by atoms with Crippen LogP contribution in [0.1, 0.15) is 11.9 Å². The number of carbonyl (C=O) groups excluding carboxylic acids is 1. The first-order chi connectivity index (χ1) is 12.9. The predicted octanol–water partition coefficient (Wildman–Crippen LogP) is 4.62. The van der Waals surface area contributed by atoms with Gasteiger partial charge in [0.05, 0.1) is 10.7 Å². The zero-order chi connectivity index (χ0) is 19.4. The minimum Gasteiger partial charge on any atom is -0.378 e. The summed E-state index contributed by atoms with van der Waals surface area (Å²) in [5, 5.41) is 9.28. The number of nitrogens with zero attached hydrogens (tertiary/aromatic N) is 2. The highest BCUT2D eigenvalue weighted by Crippen LogP contribution is 2.23. The molecule has 0 radical (unpaired) electrons. The second-order valence-electron chi connectivity index (χ2n) is 6.63. The van der Waals surface area contributed by atoms with Gasteiger partial charge in [0.25, 0.3) is 0 Å². The fourth-order valence-electron chi connectivity index (χ4n) is 2.64. The van der Waals surface area contributed by atoms with E-state index in [9.17, 15) is 4.79 Å². The predicted molar refractivity (Wildman–Crippen MR) is 115 cm³/mol. The molecule has 140 valence electrons. The average molecular weight is 381 g/mol. The number of aryl methyl sites for hydroxylation is 1. The summed E-state index contributed by atoms with van der Waals surface area (Å²) in [6, 6.07) is 15.4. The Morgan fingerprint density at radius 3 is 2.22 bits per heavy atom. The summed E-state index contributed by atoms with van der Waals surface area (Å²) in [6.07, 6.45) is 0. The zero-order valence-corrected chi connectivity index (χ0v) is 16.8. The van der Waals surface area contributed by atoms with Gasteiger partial charge in [0, 0.05) is 42.1 Å². The van der Waals surface area contributed by atoms with Crippen molar-refractivity contribution in [3.05, 3.63) is 58.9 Å². The van der Waals surface area contributed by atoms with Crippen LogP contribution in [0.4, 0.5) is 17.1 Å². The van der Waals surface area contributed by atoms with Crippen LogP contribution in [0.2, 0.25) is 0 Å². The lowest BCUT2D eigenvalue weighted by Crippen LogP contribution is -2.31. The Morgan fingerprint density at radius 1 is 1.04 bits per heavy atom. The minimum absolute atomic E-state index is 0.0770. The molecule has 2 N–H and O–H groups in total. The number of aromatic nitrogens is 1. The number of anilines is 3. The van der Waals surface area contributed by atoms with E-state index in [4.69, 9.17) is 0 Å². The van der Waals surface area contributed by atoms with Crippen molar-refractivity contribution in [2.24, 2.45) is 0 Å². The van der Waals surface area contributed by atoms with Crippen molar-refractivity contribution < 1.29 is 4.79 Å². The lowest BCUT2D eigenvalue weighted by molar-refractivity contribution is -0.116. The Labute approximate surface area is 164 Å². The van der Waals surface area contributed by atoms with E-state index in [0.29, 0.717) is 0 Å². The molecule has 6 heteroatoms. The minimum atomic E-state index is -0.356. The second-order valence-corrected chi connectivity index (χ2v) is 7.69. The first-order valence-electron chi connectivity index (χ1n) is 8.80. The molecule has 0 unspecified atom stereocenters. The van der Waals surface area contributed by atoms with Crippen LogP contribution >= 0.6 is 11.3 Å². The normalized spacial score (nSPS) is 11.7. The van der Waals surface area contributed by atoms with E-state index in [0.717, 1.165) is 33.3 Å². The van der Waals surface area contributed by atoms with Crippen LogP contribution < -0.4 is 15.5 Å². The molecule has 2 aromatic carbocycles. The van der Waals surface area contributed by atoms with Gasteiger partial charge in [-0.3, -0.25) is 4.79 Å². The highest BCUT2D eigenvalue weighted by Gasteiger charge is 2.13. The molecule has 1 atom stereocenters. The largest absolute Gasteiger partial charge is 0.378 e. The van der Waals surface area contributed by atoms with Crippen molar-refractivity contribution in [2.75, 3.05) is 29.6 Å². The van der Waals surface area contributed by atoms with Gasteiger partial charge in [-0.05, 0) is 50.2 Å². The smallest absolute Gasteiger partial charge is 0.246 e. The maximum atomic E-state index is 12.4. The second kappa shape index (κ2) is 8.22. The Bertz CT molecular complexity index is 901. The molecule has 0 bridgehead atoms. The molecule has 1 aromatic heterocycles. The number of carbonyl (C=O) groups is 1. The number of benzene rings is 2. The van der Waals surface area contributed by atoms with Crippen molar-refractivity contribution in [2.45, 2.75) is 19.9 Å². The molecule has 0 aliphatic carbocycles. The van der Waals surface area contributed by atoms with E-state index in [2.05, 4.69) is 21.0 Å². The van der Waals surface area contributed by atoms with Gasteiger partial charge in [-0.1, -0.05) is 12.1 Å². The number of thiazole rings is 1. The topological polar surface area (TPSA) is 57.3 Å². The van der Waals surface area contributed by atoms with Crippen LogP contribution in [0.5, 0.6) is 0 Å². The summed E-state index contributed by atoms with van der Waals surface area (Å²) in [5.41, 5.74) is 4.83. The Hall–Kier alpha value is -2.86. The molecule has 1 amide bonds. The molecule has 1 heterocycles. The van der Waals surface area contributed by atoms with Gasteiger partial charge in [0.15, 0.2) is 0 Å². The molecule has 27 heavy (non-hydrogen) atoms. The molecular weight excluding hydrogens is 356 g/mol. The third-order valence-corrected chi connectivity index (χ3v) is 5.00. The van der Waals surface area contributed by atoms with E-state index >= 15 is 0 Å². The van der Waals surface area contributed by atoms with Crippen molar-refractivity contribution in [1.29, 1.82) is 0 Å². The van der Waals surface area contributed by atoms with Gasteiger partial charge in [-0.15, -0.1) is 11.3 Å². The molecule has 0 saturated heterocycles.